The number of anilines is 1. The van der Waals surface area contributed by atoms with Gasteiger partial charge in [0.25, 0.3) is 0 Å². The van der Waals surface area contributed by atoms with Crippen LogP contribution in [0.5, 0.6) is 5.75 Å². The van der Waals surface area contributed by atoms with Crippen molar-refractivity contribution in [1.82, 2.24) is 4.98 Å². The molecule has 19 heavy (non-hydrogen) atoms. The van der Waals surface area contributed by atoms with Crippen molar-refractivity contribution in [2.45, 2.75) is 0 Å². The molecular formula is C14H11IN2OS. The van der Waals surface area contributed by atoms with Crippen LogP contribution in [0.4, 0.5) is 5.69 Å². The first kappa shape index (κ1) is 12.7. The lowest BCUT2D eigenvalue weighted by atomic mass is 10.2. The molecule has 0 saturated carbocycles. The summed E-state index contributed by atoms with van der Waals surface area (Å²) in [5.74, 6) is 0.830. The lowest BCUT2D eigenvalue weighted by molar-refractivity contribution is 0.415. The van der Waals surface area contributed by atoms with Gasteiger partial charge in [0.2, 0.25) is 0 Å². The zero-order chi connectivity index (χ0) is 13.4. The van der Waals surface area contributed by atoms with Crippen molar-refractivity contribution in [3.63, 3.8) is 0 Å². The van der Waals surface area contributed by atoms with Crippen molar-refractivity contribution < 1.29 is 4.74 Å². The summed E-state index contributed by atoms with van der Waals surface area (Å²) in [5.41, 5.74) is 8.70. The number of fused-ring (bicyclic) bond motifs is 1. The predicted molar refractivity (Wildman–Crippen MR) is 88.7 cm³/mol. The zero-order valence-electron chi connectivity index (χ0n) is 10.2. The molecule has 0 aliphatic rings. The molecule has 0 atom stereocenters. The van der Waals surface area contributed by atoms with Gasteiger partial charge in [-0.25, -0.2) is 4.98 Å². The highest BCUT2D eigenvalue weighted by Crippen LogP contribution is 2.33. The standard InChI is InChI=1S/C14H11IN2OS/c1-18-9-3-5-13-12(7-9)17-14(19-13)8-2-4-11(16)10(15)6-8/h2-7H,16H2,1H3. The SMILES string of the molecule is COc1ccc2sc(-c3ccc(N)c(I)c3)nc2c1. The van der Waals surface area contributed by atoms with Crippen LogP contribution in [0.3, 0.4) is 0 Å². The average Bonchev–Trinajstić information content (AvgIpc) is 2.84. The molecule has 0 bridgehead atoms. The van der Waals surface area contributed by atoms with E-state index in [1.807, 2.05) is 30.3 Å². The number of hydrogen-bond acceptors (Lipinski definition) is 4. The molecule has 0 saturated heterocycles. The van der Waals surface area contributed by atoms with E-state index in [1.54, 1.807) is 18.4 Å². The molecule has 1 aromatic heterocycles. The number of nitrogen functional groups attached to an aromatic ring is 1. The third-order valence-corrected chi connectivity index (χ3v) is 4.86. The maximum absolute atomic E-state index is 5.84. The Morgan fingerprint density at radius 2 is 2.05 bits per heavy atom. The first-order chi connectivity index (χ1) is 9.17. The Labute approximate surface area is 128 Å². The number of nitrogens with two attached hydrogens (primary N) is 1. The molecule has 0 fully saturated rings. The third kappa shape index (κ3) is 2.40. The van der Waals surface area contributed by atoms with Gasteiger partial charge in [0.15, 0.2) is 0 Å². The summed E-state index contributed by atoms with van der Waals surface area (Å²) in [5, 5.41) is 1.00. The lowest BCUT2D eigenvalue weighted by Gasteiger charge is -2.00. The van der Waals surface area contributed by atoms with Crippen molar-refractivity contribution in [1.29, 1.82) is 0 Å². The molecule has 3 rings (SSSR count). The number of nitrogens with zero attached hydrogens (tertiary/aromatic N) is 1. The largest absolute Gasteiger partial charge is 0.497 e. The Morgan fingerprint density at radius 1 is 1.21 bits per heavy atom. The number of thiazole rings is 1. The summed E-state index contributed by atoms with van der Waals surface area (Å²) in [6.45, 7) is 0. The maximum Gasteiger partial charge on any atom is 0.124 e. The van der Waals surface area contributed by atoms with Crippen LogP contribution >= 0.6 is 33.9 Å². The number of aromatic nitrogens is 1. The molecule has 3 aromatic rings. The first-order valence-corrected chi connectivity index (χ1v) is 7.57. The Kier molecular flexibility index (Phi) is 3.32. The Morgan fingerprint density at radius 3 is 2.79 bits per heavy atom. The molecule has 0 unspecified atom stereocenters. The Hall–Kier alpha value is -1.34. The summed E-state index contributed by atoms with van der Waals surface area (Å²) >= 11 is 3.91. The van der Waals surface area contributed by atoms with Gasteiger partial charge in [-0.1, -0.05) is 0 Å². The van der Waals surface area contributed by atoms with E-state index in [-0.39, 0.29) is 0 Å². The van der Waals surface area contributed by atoms with Crippen molar-refractivity contribution in [3.8, 4) is 16.3 Å². The molecule has 1 heterocycles. The fourth-order valence-corrected chi connectivity index (χ4v) is 3.28. The highest BCUT2D eigenvalue weighted by molar-refractivity contribution is 14.1. The van der Waals surface area contributed by atoms with Crippen LogP contribution in [0.25, 0.3) is 20.8 Å². The average molecular weight is 382 g/mol. The number of hydrogen-bond donors (Lipinski definition) is 1. The number of rotatable bonds is 2. The normalized spacial score (nSPS) is 10.8. The van der Waals surface area contributed by atoms with Gasteiger partial charge < -0.3 is 10.5 Å². The summed E-state index contributed by atoms with van der Waals surface area (Å²) in [4.78, 5) is 4.66. The van der Waals surface area contributed by atoms with E-state index in [1.165, 1.54) is 0 Å². The maximum atomic E-state index is 5.84. The molecular weight excluding hydrogens is 371 g/mol. The molecule has 96 valence electrons. The third-order valence-electron chi connectivity index (χ3n) is 2.84. The van der Waals surface area contributed by atoms with E-state index in [0.717, 1.165) is 35.8 Å². The van der Waals surface area contributed by atoms with Gasteiger partial charge in [-0.15, -0.1) is 11.3 Å². The minimum atomic E-state index is 0.798. The van der Waals surface area contributed by atoms with Crippen molar-refractivity contribution in [2.24, 2.45) is 0 Å². The first-order valence-electron chi connectivity index (χ1n) is 5.67. The van der Waals surface area contributed by atoms with Crippen LogP contribution in [0.15, 0.2) is 36.4 Å². The smallest absolute Gasteiger partial charge is 0.124 e. The topological polar surface area (TPSA) is 48.1 Å². The van der Waals surface area contributed by atoms with E-state index >= 15 is 0 Å². The zero-order valence-corrected chi connectivity index (χ0v) is 13.2. The van der Waals surface area contributed by atoms with E-state index < -0.39 is 0 Å². The summed E-state index contributed by atoms with van der Waals surface area (Å²) in [7, 11) is 1.66. The van der Waals surface area contributed by atoms with Gasteiger partial charge in [-0.3, -0.25) is 0 Å². The van der Waals surface area contributed by atoms with Crippen molar-refractivity contribution >= 4 is 49.8 Å². The summed E-state index contributed by atoms with van der Waals surface area (Å²) in [6.07, 6.45) is 0. The van der Waals surface area contributed by atoms with E-state index in [4.69, 9.17) is 10.5 Å². The fourth-order valence-electron chi connectivity index (χ4n) is 1.82. The summed E-state index contributed by atoms with van der Waals surface area (Å²) in [6, 6.07) is 11.9. The molecule has 2 aromatic carbocycles. The minimum absolute atomic E-state index is 0.798. The molecule has 5 heteroatoms. The van der Waals surface area contributed by atoms with Gasteiger partial charge in [-0.2, -0.15) is 0 Å². The molecule has 2 N–H and O–H groups in total. The highest BCUT2D eigenvalue weighted by atomic mass is 127. The van der Waals surface area contributed by atoms with E-state index in [0.29, 0.717) is 0 Å². The molecule has 3 nitrogen and oxygen atoms in total. The number of methoxy groups -OCH3 is 1. The van der Waals surface area contributed by atoms with Gasteiger partial charge >= 0.3 is 0 Å². The summed E-state index contributed by atoms with van der Waals surface area (Å²) < 4.78 is 7.42. The number of ether oxygens (including phenoxy) is 1. The molecule has 0 spiro atoms. The van der Waals surface area contributed by atoms with Gasteiger partial charge in [0, 0.05) is 20.9 Å². The lowest BCUT2D eigenvalue weighted by Crippen LogP contribution is -1.88. The molecule has 0 aliphatic carbocycles. The van der Waals surface area contributed by atoms with Crippen molar-refractivity contribution in [3.05, 3.63) is 40.0 Å². The van der Waals surface area contributed by atoms with Gasteiger partial charge in [0.1, 0.15) is 10.8 Å². The van der Waals surface area contributed by atoms with Gasteiger partial charge in [-0.05, 0) is 52.9 Å². The Balaban J connectivity index is 2.11. The van der Waals surface area contributed by atoms with E-state index in [9.17, 15) is 0 Å². The van der Waals surface area contributed by atoms with Gasteiger partial charge in [0.05, 0.1) is 17.3 Å². The molecule has 0 aliphatic heterocycles. The van der Waals surface area contributed by atoms with Crippen LogP contribution < -0.4 is 10.5 Å². The van der Waals surface area contributed by atoms with Crippen LogP contribution in [0.1, 0.15) is 0 Å². The second-order valence-corrected chi connectivity index (χ2v) is 6.28. The second-order valence-electron chi connectivity index (χ2n) is 4.09. The minimum Gasteiger partial charge on any atom is -0.497 e. The van der Waals surface area contributed by atoms with Crippen LogP contribution in [0, 0.1) is 3.57 Å². The number of benzene rings is 2. The predicted octanol–water partition coefficient (Wildman–Crippen LogP) is 4.16. The van der Waals surface area contributed by atoms with E-state index in [2.05, 4.69) is 33.6 Å². The highest BCUT2D eigenvalue weighted by Gasteiger charge is 2.08. The molecule has 0 amide bonds. The fraction of sp³-hybridized carbons (Fsp3) is 0.0714. The molecule has 0 radical (unpaired) electrons. The number of halogens is 1. The quantitative estimate of drug-likeness (QED) is 0.535. The Bertz CT molecular complexity index is 754. The van der Waals surface area contributed by atoms with Crippen LogP contribution in [-0.4, -0.2) is 12.1 Å². The second kappa shape index (κ2) is 4.97. The van der Waals surface area contributed by atoms with Crippen LogP contribution in [0.2, 0.25) is 0 Å². The van der Waals surface area contributed by atoms with Crippen LogP contribution in [-0.2, 0) is 0 Å². The van der Waals surface area contributed by atoms with Crippen molar-refractivity contribution in [2.75, 3.05) is 12.8 Å². The monoisotopic (exact) mass is 382 g/mol.